The minimum absolute atomic E-state index is 0.0673. The minimum Gasteiger partial charge on any atom is -0.481 e. The SMILES string of the molecule is O=C(O)[C@H]1CN(C(=O)C2CCCN(C(=O)C3CC3)C2)C[C@@H]1C1CC1. The molecule has 0 aromatic heterocycles. The summed E-state index contributed by atoms with van der Waals surface area (Å²) in [6, 6.07) is 0. The van der Waals surface area contributed by atoms with E-state index >= 15 is 0 Å². The summed E-state index contributed by atoms with van der Waals surface area (Å²) < 4.78 is 0. The number of rotatable bonds is 4. The van der Waals surface area contributed by atoms with Crippen molar-refractivity contribution in [3.05, 3.63) is 0 Å². The number of carboxylic acid groups (broad SMARTS) is 1. The molecule has 132 valence electrons. The van der Waals surface area contributed by atoms with Crippen LogP contribution >= 0.6 is 0 Å². The van der Waals surface area contributed by atoms with Gasteiger partial charge in [-0.15, -0.1) is 0 Å². The van der Waals surface area contributed by atoms with Crippen LogP contribution in [0.2, 0.25) is 0 Å². The summed E-state index contributed by atoms with van der Waals surface area (Å²) in [6.07, 6.45) is 5.87. The Morgan fingerprint density at radius 2 is 1.50 bits per heavy atom. The highest BCUT2D eigenvalue weighted by atomic mass is 16.4. The van der Waals surface area contributed by atoms with Crippen molar-refractivity contribution >= 4 is 17.8 Å². The highest BCUT2D eigenvalue weighted by Crippen LogP contribution is 2.44. The number of hydrogen-bond acceptors (Lipinski definition) is 3. The number of carbonyl (C=O) groups is 3. The van der Waals surface area contributed by atoms with Crippen LogP contribution in [0.15, 0.2) is 0 Å². The first kappa shape index (κ1) is 15.9. The van der Waals surface area contributed by atoms with E-state index in [2.05, 4.69) is 0 Å². The smallest absolute Gasteiger partial charge is 0.308 e. The maximum atomic E-state index is 12.9. The van der Waals surface area contributed by atoms with Crippen molar-refractivity contribution in [2.45, 2.75) is 38.5 Å². The lowest BCUT2D eigenvalue weighted by Gasteiger charge is -2.34. The van der Waals surface area contributed by atoms with E-state index in [4.69, 9.17) is 0 Å². The van der Waals surface area contributed by atoms with Crippen molar-refractivity contribution in [3.8, 4) is 0 Å². The van der Waals surface area contributed by atoms with Crippen LogP contribution in [0.5, 0.6) is 0 Å². The van der Waals surface area contributed by atoms with Gasteiger partial charge in [0.1, 0.15) is 0 Å². The second-order valence-electron chi connectivity index (χ2n) is 8.09. The topological polar surface area (TPSA) is 77.9 Å². The highest BCUT2D eigenvalue weighted by Gasteiger charge is 2.48. The molecule has 2 saturated heterocycles. The highest BCUT2D eigenvalue weighted by molar-refractivity contribution is 5.84. The van der Waals surface area contributed by atoms with Crippen molar-refractivity contribution in [2.24, 2.45) is 29.6 Å². The molecule has 2 heterocycles. The third-order valence-corrected chi connectivity index (χ3v) is 6.23. The fraction of sp³-hybridized carbons (Fsp3) is 0.833. The second-order valence-corrected chi connectivity index (χ2v) is 8.09. The average Bonchev–Trinajstić information content (AvgIpc) is 3.51. The predicted octanol–water partition coefficient (Wildman–Crippen LogP) is 1.20. The van der Waals surface area contributed by atoms with Gasteiger partial charge >= 0.3 is 5.97 Å². The standard InChI is InChI=1S/C18H26N2O4/c21-16(12-5-6-12)19-7-1-2-13(8-19)17(22)20-9-14(11-3-4-11)15(10-20)18(23)24/h11-15H,1-10H2,(H,23,24)/t13?,14-,15+/m1/s1. The molecule has 2 aliphatic heterocycles. The van der Waals surface area contributed by atoms with E-state index in [9.17, 15) is 19.5 Å². The van der Waals surface area contributed by atoms with Gasteiger partial charge < -0.3 is 14.9 Å². The van der Waals surface area contributed by atoms with E-state index in [0.29, 0.717) is 25.6 Å². The largest absolute Gasteiger partial charge is 0.481 e. The first-order valence-electron chi connectivity index (χ1n) is 9.35. The number of carbonyl (C=O) groups excluding carboxylic acids is 2. The molecule has 0 aromatic carbocycles. The first-order chi connectivity index (χ1) is 11.5. The molecule has 3 atom stereocenters. The maximum absolute atomic E-state index is 12.9. The summed E-state index contributed by atoms with van der Waals surface area (Å²) >= 11 is 0. The molecule has 0 aromatic rings. The van der Waals surface area contributed by atoms with Crippen molar-refractivity contribution in [2.75, 3.05) is 26.2 Å². The number of aliphatic carboxylic acids is 1. The number of hydrogen-bond donors (Lipinski definition) is 1. The van der Waals surface area contributed by atoms with Gasteiger partial charge in [-0.25, -0.2) is 0 Å². The zero-order chi connectivity index (χ0) is 16.8. The summed E-state index contributed by atoms with van der Waals surface area (Å²) in [5, 5.41) is 9.46. The Morgan fingerprint density at radius 1 is 0.792 bits per heavy atom. The summed E-state index contributed by atoms with van der Waals surface area (Å²) in [6.45, 7) is 2.23. The maximum Gasteiger partial charge on any atom is 0.308 e. The Labute approximate surface area is 142 Å². The molecule has 4 fully saturated rings. The van der Waals surface area contributed by atoms with E-state index < -0.39 is 11.9 Å². The van der Waals surface area contributed by atoms with Crippen LogP contribution in [0, 0.1) is 29.6 Å². The molecule has 2 amide bonds. The molecule has 0 radical (unpaired) electrons. The fourth-order valence-electron chi connectivity index (χ4n) is 4.50. The minimum atomic E-state index is -0.767. The zero-order valence-electron chi connectivity index (χ0n) is 14.0. The summed E-state index contributed by atoms with van der Waals surface area (Å²) in [5.74, 6) is -0.228. The zero-order valence-corrected chi connectivity index (χ0v) is 14.0. The lowest BCUT2D eigenvalue weighted by Crippen LogP contribution is -2.47. The predicted molar refractivity (Wildman–Crippen MR) is 85.9 cm³/mol. The van der Waals surface area contributed by atoms with E-state index in [1.54, 1.807) is 4.90 Å². The van der Waals surface area contributed by atoms with E-state index in [0.717, 1.165) is 45.1 Å². The number of likely N-dealkylation sites (tertiary alicyclic amines) is 2. The van der Waals surface area contributed by atoms with Crippen LogP contribution in [-0.4, -0.2) is 58.9 Å². The molecular formula is C18H26N2O4. The van der Waals surface area contributed by atoms with Gasteiger partial charge in [-0.05, 0) is 50.4 Å². The van der Waals surface area contributed by atoms with Gasteiger partial charge in [0.2, 0.25) is 11.8 Å². The van der Waals surface area contributed by atoms with Gasteiger partial charge in [-0.2, -0.15) is 0 Å². The van der Waals surface area contributed by atoms with E-state index in [1.807, 2.05) is 4.90 Å². The van der Waals surface area contributed by atoms with Crippen LogP contribution in [-0.2, 0) is 14.4 Å². The number of piperidine rings is 1. The van der Waals surface area contributed by atoms with Crippen LogP contribution in [0.4, 0.5) is 0 Å². The Hall–Kier alpha value is -1.59. The number of nitrogens with zero attached hydrogens (tertiary/aromatic N) is 2. The quantitative estimate of drug-likeness (QED) is 0.838. The number of carboxylic acids is 1. The van der Waals surface area contributed by atoms with Gasteiger partial charge in [0.15, 0.2) is 0 Å². The second kappa shape index (κ2) is 6.05. The molecule has 0 bridgehead atoms. The van der Waals surface area contributed by atoms with E-state index in [-0.39, 0.29) is 29.6 Å². The lowest BCUT2D eigenvalue weighted by molar-refractivity contribution is -0.143. The van der Waals surface area contributed by atoms with E-state index in [1.165, 1.54) is 0 Å². The summed E-state index contributed by atoms with van der Waals surface area (Å²) in [4.78, 5) is 40.3. The van der Waals surface area contributed by atoms with Crippen molar-refractivity contribution in [3.63, 3.8) is 0 Å². The molecule has 2 saturated carbocycles. The molecule has 1 N–H and O–H groups in total. The molecule has 6 nitrogen and oxygen atoms in total. The Kier molecular flexibility index (Phi) is 4.01. The third-order valence-electron chi connectivity index (χ3n) is 6.23. The molecule has 6 heteroatoms. The lowest BCUT2D eigenvalue weighted by atomic mass is 9.92. The molecule has 4 aliphatic rings. The molecule has 4 rings (SSSR count). The summed E-state index contributed by atoms with van der Waals surface area (Å²) in [5.41, 5.74) is 0. The van der Waals surface area contributed by atoms with Gasteiger partial charge in [0.25, 0.3) is 0 Å². The van der Waals surface area contributed by atoms with Gasteiger partial charge in [-0.1, -0.05) is 0 Å². The Bertz CT molecular complexity index is 555. The van der Waals surface area contributed by atoms with Crippen molar-refractivity contribution in [1.82, 2.24) is 9.80 Å². The average molecular weight is 334 g/mol. The van der Waals surface area contributed by atoms with Crippen LogP contribution < -0.4 is 0 Å². The Balaban J connectivity index is 1.39. The van der Waals surface area contributed by atoms with Crippen LogP contribution in [0.25, 0.3) is 0 Å². The third kappa shape index (κ3) is 3.03. The molecule has 0 spiro atoms. The summed E-state index contributed by atoms with van der Waals surface area (Å²) in [7, 11) is 0. The van der Waals surface area contributed by atoms with Gasteiger partial charge in [0, 0.05) is 32.1 Å². The molecular weight excluding hydrogens is 308 g/mol. The van der Waals surface area contributed by atoms with Crippen LogP contribution in [0.3, 0.4) is 0 Å². The normalized spacial score (nSPS) is 33.6. The molecule has 24 heavy (non-hydrogen) atoms. The van der Waals surface area contributed by atoms with Gasteiger partial charge in [-0.3, -0.25) is 14.4 Å². The first-order valence-corrected chi connectivity index (χ1v) is 9.35. The molecule has 1 unspecified atom stereocenters. The Morgan fingerprint density at radius 3 is 2.12 bits per heavy atom. The number of amides is 2. The van der Waals surface area contributed by atoms with Crippen LogP contribution in [0.1, 0.15) is 38.5 Å². The fourth-order valence-corrected chi connectivity index (χ4v) is 4.50. The monoisotopic (exact) mass is 334 g/mol. The molecule has 2 aliphatic carbocycles. The van der Waals surface area contributed by atoms with Crippen molar-refractivity contribution in [1.29, 1.82) is 0 Å². The van der Waals surface area contributed by atoms with Gasteiger partial charge in [0.05, 0.1) is 11.8 Å². The van der Waals surface area contributed by atoms with Crippen molar-refractivity contribution < 1.29 is 19.5 Å².